The maximum atomic E-state index is 9.82. The van der Waals surface area contributed by atoms with E-state index in [9.17, 15) is 8.42 Å². The summed E-state index contributed by atoms with van der Waals surface area (Å²) in [5, 5.41) is 0. The Morgan fingerprint density at radius 3 is 2.25 bits per heavy atom. The molecule has 0 saturated carbocycles. The van der Waals surface area contributed by atoms with Gasteiger partial charge in [-0.05, 0) is 6.92 Å². The zero-order valence-electron chi connectivity index (χ0n) is 4.49. The first-order valence-corrected chi connectivity index (χ1v) is 3.70. The summed E-state index contributed by atoms with van der Waals surface area (Å²) in [5.41, 5.74) is 0. The van der Waals surface area contributed by atoms with Crippen LogP contribution in [-0.2, 0) is 14.9 Å². The summed E-state index contributed by atoms with van der Waals surface area (Å²) in [6, 6.07) is 0. The van der Waals surface area contributed by atoms with Gasteiger partial charge in [-0.15, -0.1) is 0 Å². The molecule has 8 heavy (non-hydrogen) atoms. The van der Waals surface area contributed by atoms with Crippen molar-refractivity contribution >= 4 is 10.1 Å². The van der Waals surface area contributed by atoms with Gasteiger partial charge in [0.15, 0.2) is 5.94 Å². The summed E-state index contributed by atoms with van der Waals surface area (Å²) in [7, 11) is -3.91. The molecule has 0 atom stereocenters. The maximum absolute atomic E-state index is 9.82. The molecule has 0 aliphatic carbocycles. The van der Waals surface area contributed by atoms with Crippen molar-refractivity contribution in [1.29, 1.82) is 0 Å². The third-order valence-electron chi connectivity index (χ3n) is 0.436. The molecular formula is C3H8O4S. The molecule has 0 aromatic rings. The van der Waals surface area contributed by atoms with Crippen molar-refractivity contribution in [3.8, 4) is 0 Å². The fraction of sp³-hybridized carbons (Fsp3) is 1.00. The number of hydrogen-bond donors (Lipinski definition) is 1. The molecule has 50 valence electrons. The molecule has 0 heterocycles. The van der Waals surface area contributed by atoms with Crippen LogP contribution in [0.2, 0.25) is 0 Å². The lowest BCUT2D eigenvalue weighted by Gasteiger charge is -1.93. The molecule has 0 aromatic heterocycles. The summed E-state index contributed by atoms with van der Waals surface area (Å²) in [4.78, 5) is 0. The molecule has 0 amide bonds. The van der Waals surface area contributed by atoms with E-state index in [2.05, 4.69) is 4.74 Å². The van der Waals surface area contributed by atoms with E-state index < -0.39 is 16.1 Å². The summed E-state index contributed by atoms with van der Waals surface area (Å²) in [6.07, 6.45) is 0. The fourth-order valence-corrected chi connectivity index (χ4v) is 0.566. The first-order chi connectivity index (χ1) is 3.56. The van der Waals surface area contributed by atoms with Gasteiger partial charge in [0.2, 0.25) is 0 Å². The van der Waals surface area contributed by atoms with Crippen molar-refractivity contribution in [1.82, 2.24) is 0 Å². The SMILES string of the molecule is CCOCS(=O)(=O)O. The largest absolute Gasteiger partial charge is 0.363 e. The standard InChI is InChI=1S/C3H8O4S/c1-2-7-3-8(4,5)6/h2-3H2,1H3,(H,4,5,6). The molecular weight excluding hydrogens is 132 g/mol. The highest BCUT2D eigenvalue weighted by Crippen LogP contribution is 1.81. The minimum absolute atomic E-state index is 0.291. The van der Waals surface area contributed by atoms with Crippen LogP contribution in [0.5, 0.6) is 0 Å². The molecule has 0 saturated heterocycles. The minimum atomic E-state index is -3.91. The molecule has 0 aliphatic rings. The Bertz CT molecular complexity index is 135. The molecule has 5 heteroatoms. The highest BCUT2D eigenvalue weighted by Gasteiger charge is 2.00. The lowest BCUT2D eigenvalue weighted by atomic mass is 10.9. The van der Waals surface area contributed by atoms with Crippen molar-refractivity contribution in [2.45, 2.75) is 6.92 Å². The Balaban J connectivity index is 3.42. The van der Waals surface area contributed by atoms with Crippen molar-refractivity contribution in [2.24, 2.45) is 0 Å². The lowest BCUT2D eigenvalue weighted by Crippen LogP contribution is -2.06. The molecule has 0 unspecified atom stereocenters. The van der Waals surface area contributed by atoms with E-state index in [0.717, 1.165) is 0 Å². The zero-order valence-corrected chi connectivity index (χ0v) is 5.31. The van der Waals surface area contributed by atoms with Crippen LogP contribution in [-0.4, -0.2) is 25.5 Å². The summed E-state index contributed by atoms with van der Waals surface area (Å²) in [6.45, 7) is 1.94. The molecule has 0 bridgehead atoms. The minimum Gasteiger partial charge on any atom is -0.363 e. The Kier molecular flexibility index (Phi) is 2.96. The van der Waals surface area contributed by atoms with Crippen LogP contribution in [0.3, 0.4) is 0 Å². The van der Waals surface area contributed by atoms with E-state index in [1.54, 1.807) is 6.92 Å². The van der Waals surface area contributed by atoms with E-state index >= 15 is 0 Å². The molecule has 0 spiro atoms. The second kappa shape index (κ2) is 3.01. The third kappa shape index (κ3) is 5.87. The van der Waals surface area contributed by atoms with Gasteiger partial charge < -0.3 is 4.74 Å². The molecule has 1 N–H and O–H groups in total. The van der Waals surface area contributed by atoms with Gasteiger partial charge >= 0.3 is 0 Å². The van der Waals surface area contributed by atoms with Crippen molar-refractivity contribution < 1.29 is 17.7 Å². The first-order valence-electron chi connectivity index (χ1n) is 2.09. The molecule has 4 nitrogen and oxygen atoms in total. The van der Waals surface area contributed by atoms with Crippen molar-refractivity contribution in [2.75, 3.05) is 12.5 Å². The third-order valence-corrected chi connectivity index (χ3v) is 0.901. The van der Waals surface area contributed by atoms with Gasteiger partial charge in [0, 0.05) is 6.61 Å². The number of rotatable bonds is 3. The second-order valence-corrected chi connectivity index (χ2v) is 2.59. The predicted octanol–water partition coefficient (Wildman–Crippen LogP) is -0.132. The summed E-state index contributed by atoms with van der Waals surface area (Å²) in [5.74, 6) is -0.608. The van der Waals surface area contributed by atoms with E-state index in [-0.39, 0.29) is 0 Å². The van der Waals surface area contributed by atoms with Gasteiger partial charge in [0.05, 0.1) is 0 Å². The van der Waals surface area contributed by atoms with Gasteiger partial charge in [-0.2, -0.15) is 8.42 Å². The summed E-state index contributed by atoms with van der Waals surface area (Å²) < 4.78 is 32.0. The smallest absolute Gasteiger partial charge is 0.289 e. The van der Waals surface area contributed by atoms with E-state index in [0.29, 0.717) is 6.61 Å². The molecule has 0 fully saturated rings. The lowest BCUT2D eigenvalue weighted by molar-refractivity contribution is 0.185. The second-order valence-electron chi connectivity index (χ2n) is 1.19. The van der Waals surface area contributed by atoms with Crippen LogP contribution in [0, 0.1) is 0 Å². The first kappa shape index (κ1) is 7.87. The predicted molar refractivity (Wildman–Crippen MR) is 28.0 cm³/mol. The highest BCUT2D eigenvalue weighted by molar-refractivity contribution is 7.85. The van der Waals surface area contributed by atoms with Crippen LogP contribution in [0.15, 0.2) is 0 Å². The van der Waals surface area contributed by atoms with Gasteiger partial charge in [-0.1, -0.05) is 0 Å². The van der Waals surface area contributed by atoms with Crippen LogP contribution < -0.4 is 0 Å². The summed E-state index contributed by atoms with van der Waals surface area (Å²) >= 11 is 0. The monoisotopic (exact) mass is 140 g/mol. The van der Waals surface area contributed by atoms with Gasteiger partial charge in [-0.3, -0.25) is 4.55 Å². The van der Waals surface area contributed by atoms with E-state index in [4.69, 9.17) is 4.55 Å². The van der Waals surface area contributed by atoms with Crippen LogP contribution >= 0.6 is 0 Å². The highest BCUT2D eigenvalue weighted by atomic mass is 32.2. The fourth-order valence-electron chi connectivity index (χ4n) is 0.189. The normalized spacial score (nSPS) is 11.8. The van der Waals surface area contributed by atoms with Gasteiger partial charge in [0.1, 0.15) is 0 Å². The quantitative estimate of drug-likeness (QED) is 0.554. The maximum Gasteiger partial charge on any atom is 0.289 e. The number of ether oxygens (including phenoxy) is 1. The van der Waals surface area contributed by atoms with Gasteiger partial charge in [0.25, 0.3) is 10.1 Å². The van der Waals surface area contributed by atoms with Crippen LogP contribution in [0.1, 0.15) is 6.92 Å². The van der Waals surface area contributed by atoms with Crippen molar-refractivity contribution in [3.05, 3.63) is 0 Å². The van der Waals surface area contributed by atoms with Crippen molar-refractivity contribution in [3.63, 3.8) is 0 Å². The molecule has 0 rings (SSSR count). The molecule has 0 aliphatic heterocycles. The average Bonchev–Trinajstić information content (AvgIpc) is 1.59. The molecule has 0 radical (unpaired) electrons. The van der Waals surface area contributed by atoms with E-state index in [1.165, 1.54) is 0 Å². The van der Waals surface area contributed by atoms with Gasteiger partial charge in [-0.25, -0.2) is 0 Å². The topological polar surface area (TPSA) is 63.6 Å². The zero-order chi connectivity index (χ0) is 6.62. The Labute approximate surface area is 48.2 Å². The Morgan fingerprint density at radius 2 is 2.12 bits per heavy atom. The Morgan fingerprint density at radius 1 is 1.62 bits per heavy atom. The molecule has 0 aromatic carbocycles. The van der Waals surface area contributed by atoms with E-state index in [1.807, 2.05) is 0 Å². The van der Waals surface area contributed by atoms with Crippen LogP contribution in [0.25, 0.3) is 0 Å². The van der Waals surface area contributed by atoms with Crippen LogP contribution in [0.4, 0.5) is 0 Å². The Hall–Kier alpha value is -0.130. The average molecular weight is 140 g/mol. The number of hydrogen-bond acceptors (Lipinski definition) is 3.